The van der Waals surface area contributed by atoms with Crippen molar-refractivity contribution in [1.29, 1.82) is 0 Å². The number of morpholine rings is 1. The van der Waals surface area contributed by atoms with Crippen LogP contribution in [0, 0.1) is 5.82 Å². The van der Waals surface area contributed by atoms with Crippen LogP contribution in [0.4, 0.5) is 4.39 Å². The van der Waals surface area contributed by atoms with Crippen molar-refractivity contribution in [2.45, 2.75) is 12.6 Å². The maximum atomic E-state index is 14.0. The van der Waals surface area contributed by atoms with Gasteiger partial charge in [0.1, 0.15) is 11.6 Å². The molecule has 0 unspecified atom stereocenters. The van der Waals surface area contributed by atoms with Crippen LogP contribution in [-0.2, 0) is 11.3 Å². The molecule has 134 valence electrons. The Morgan fingerprint density at radius 3 is 2.81 bits per heavy atom. The fourth-order valence-corrected chi connectivity index (χ4v) is 3.33. The van der Waals surface area contributed by atoms with Crippen LogP contribution >= 0.6 is 11.6 Å². The zero-order valence-electron chi connectivity index (χ0n) is 14.2. The van der Waals surface area contributed by atoms with E-state index in [0.717, 1.165) is 23.6 Å². The van der Waals surface area contributed by atoms with Gasteiger partial charge in [-0.25, -0.2) is 9.37 Å². The molecule has 1 aliphatic rings. The van der Waals surface area contributed by atoms with Gasteiger partial charge in [0.25, 0.3) is 0 Å². The highest BCUT2D eigenvalue weighted by atomic mass is 35.5. The van der Waals surface area contributed by atoms with Crippen molar-refractivity contribution in [2.24, 2.45) is 0 Å². The fourth-order valence-electron chi connectivity index (χ4n) is 3.21. The number of halogens is 2. The van der Waals surface area contributed by atoms with Gasteiger partial charge in [-0.3, -0.25) is 4.90 Å². The summed E-state index contributed by atoms with van der Waals surface area (Å²) in [6, 6.07) is 14.5. The molecule has 1 fully saturated rings. The van der Waals surface area contributed by atoms with Gasteiger partial charge in [0.05, 0.1) is 31.1 Å². The minimum absolute atomic E-state index is 0.0376. The van der Waals surface area contributed by atoms with Crippen molar-refractivity contribution in [3.05, 3.63) is 77.0 Å². The lowest BCUT2D eigenvalue weighted by Crippen LogP contribution is -2.39. The average molecular weight is 372 g/mol. The number of rotatable bonds is 4. The molecule has 6 heteroatoms. The van der Waals surface area contributed by atoms with Gasteiger partial charge >= 0.3 is 0 Å². The van der Waals surface area contributed by atoms with Gasteiger partial charge in [-0.15, -0.1) is 0 Å². The number of hydrogen-bond donors (Lipinski definition) is 1. The molecule has 0 spiro atoms. The van der Waals surface area contributed by atoms with Gasteiger partial charge in [0.15, 0.2) is 0 Å². The van der Waals surface area contributed by atoms with E-state index in [1.807, 2.05) is 42.6 Å². The van der Waals surface area contributed by atoms with Crippen LogP contribution < -0.4 is 0 Å². The van der Waals surface area contributed by atoms with E-state index in [1.165, 1.54) is 6.07 Å². The Balaban J connectivity index is 1.57. The lowest BCUT2D eigenvalue weighted by molar-refractivity contribution is -0.0160. The summed E-state index contributed by atoms with van der Waals surface area (Å²) in [5.41, 5.74) is 2.63. The maximum Gasteiger partial charge on any atom is 0.127 e. The van der Waals surface area contributed by atoms with E-state index in [1.54, 1.807) is 6.07 Å². The summed E-state index contributed by atoms with van der Waals surface area (Å²) in [6.07, 6.45) is 1.81. The van der Waals surface area contributed by atoms with Crippen LogP contribution in [0.2, 0.25) is 5.02 Å². The van der Waals surface area contributed by atoms with Crippen molar-refractivity contribution in [3.8, 4) is 11.3 Å². The smallest absolute Gasteiger partial charge is 0.127 e. The summed E-state index contributed by atoms with van der Waals surface area (Å²) in [5.74, 6) is 0.644. The number of imidazole rings is 1. The highest BCUT2D eigenvalue weighted by Crippen LogP contribution is 2.27. The van der Waals surface area contributed by atoms with E-state index in [0.29, 0.717) is 30.3 Å². The normalized spacial score (nSPS) is 18.2. The van der Waals surface area contributed by atoms with Gasteiger partial charge in [0, 0.05) is 23.7 Å². The first-order valence-corrected chi connectivity index (χ1v) is 8.94. The first kappa shape index (κ1) is 17.2. The molecule has 2 heterocycles. The number of aromatic amines is 1. The first-order chi connectivity index (χ1) is 12.7. The Hall–Kier alpha value is -2.21. The number of H-pyrrole nitrogens is 1. The van der Waals surface area contributed by atoms with Crippen molar-refractivity contribution >= 4 is 11.6 Å². The second-order valence-electron chi connectivity index (χ2n) is 6.34. The van der Waals surface area contributed by atoms with E-state index in [-0.39, 0.29) is 11.9 Å². The van der Waals surface area contributed by atoms with Crippen LogP contribution in [0.5, 0.6) is 0 Å². The summed E-state index contributed by atoms with van der Waals surface area (Å²) in [5, 5.41) is 0.699. The fraction of sp³-hybridized carbons (Fsp3) is 0.250. The topological polar surface area (TPSA) is 41.1 Å². The Morgan fingerprint density at radius 2 is 2.00 bits per heavy atom. The van der Waals surface area contributed by atoms with Crippen LogP contribution in [0.1, 0.15) is 17.4 Å². The van der Waals surface area contributed by atoms with Gasteiger partial charge in [-0.05, 0) is 23.8 Å². The molecule has 1 aliphatic heterocycles. The van der Waals surface area contributed by atoms with Crippen LogP contribution in [0.25, 0.3) is 11.3 Å². The van der Waals surface area contributed by atoms with E-state index < -0.39 is 0 Å². The quantitative estimate of drug-likeness (QED) is 0.737. The lowest BCUT2D eigenvalue weighted by Gasteiger charge is -2.34. The highest BCUT2D eigenvalue weighted by Gasteiger charge is 2.27. The molecule has 0 amide bonds. The Labute approximate surface area is 156 Å². The molecule has 0 bridgehead atoms. The number of ether oxygens (including phenoxy) is 1. The molecule has 1 atom stereocenters. The number of nitrogens with one attached hydrogen (secondary N) is 1. The van der Waals surface area contributed by atoms with Gasteiger partial charge in [0.2, 0.25) is 0 Å². The number of hydrogen-bond acceptors (Lipinski definition) is 3. The summed E-state index contributed by atoms with van der Waals surface area (Å²) in [7, 11) is 0. The van der Waals surface area contributed by atoms with Gasteiger partial charge in [-0.1, -0.05) is 41.9 Å². The summed E-state index contributed by atoms with van der Waals surface area (Å²) >= 11 is 5.96. The number of aromatic nitrogens is 2. The maximum absolute atomic E-state index is 14.0. The zero-order chi connectivity index (χ0) is 17.9. The number of benzene rings is 2. The first-order valence-electron chi connectivity index (χ1n) is 8.57. The molecule has 1 aromatic heterocycles. The second-order valence-corrected chi connectivity index (χ2v) is 6.78. The van der Waals surface area contributed by atoms with E-state index in [4.69, 9.17) is 16.3 Å². The third kappa shape index (κ3) is 3.65. The molecular formula is C20H19ClFN3O. The molecule has 3 aromatic rings. The third-order valence-corrected chi connectivity index (χ3v) is 4.89. The van der Waals surface area contributed by atoms with E-state index >= 15 is 0 Å². The summed E-state index contributed by atoms with van der Waals surface area (Å²) < 4.78 is 19.7. The standard InChI is InChI=1S/C20H19ClFN3O/c21-16-7-5-14(6-8-16)18-11-23-20(24-18)19-13-26-10-9-25(19)12-15-3-1-2-4-17(15)22/h1-8,11,19H,9-10,12-13H2,(H,23,24)/t19-/m0/s1. The molecule has 2 aromatic carbocycles. The predicted molar refractivity (Wildman–Crippen MR) is 99.4 cm³/mol. The van der Waals surface area contributed by atoms with Gasteiger partial charge in [-0.2, -0.15) is 0 Å². The third-order valence-electron chi connectivity index (χ3n) is 4.64. The van der Waals surface area contributed by atoms with Crippen molar-refractivity contribution in [3.63, 3.8) is 0 Å². The Kier molecular flexibility index (Phi) is 5.02. The molecule has 4 nitrogen and oxygen atoms in total. The average Bonchev–Trinajstić information content (AvgIpc) is 3.15. The largest absolute Gasteiger partial charge is 0.378 e. The molecule has 26 heavy (non-hydrogen) atoms. The lowest BCUT2D eigenvalue weighted by atomic mass is 10.1. The molecule has 0 aliphatic carbocycles. The molecule has 0 radical (unpaired) electrons. The van der Waals surface area contributed by atoms with Crippen molar-refractivity contribution in [1.82, 2.24) is 14.9 Å². The van der Waals surface area contributed by atoms with Crippen molar-refractivity contribution in [2.75, 3.05) is 19.8 Å². The SMILES string of the molecule is Fc1ccccc1CN1CCOC[C@H]1c1ncc(-c2ccc(Cl)cc2)[nH]1. The van der Waals surface area contributed by atoms with E-state index in [2.05, 4.69) is 14.9 Å². The molecule has 1 N–H and O–H groups in total. The van der Waals surface area contributed by atoms with E-state index in [9.17, 15) is 4.39 Å². The molecule has 0 saturated carbocycles. The van der Waals surface area contributed by atoms with Crippen molar-refractivity contribution < 1.29 is 9.13 Å². The molecular weight excluding hydrogens is 353 g/mol. The summed E-state index contributed by atoms with van der Waals surface area (Å²) in [6.45, 7) is 2.42. The Morgan fingerprint density at radius 1 is 1.19 bits per heavy atom. The predicted octanol–water partition coefficient (Wildman–Crippen LogP) is 4.44. The monoisotopic (exact) mass is 371 g/mol. The highest BCUT2D eigenvalue weighted by molar-refractivity contribution is 6.30. The number of nitrogens with zero attached hydrogens (tertiary/aromatic N) is 2. The second kappa shape index (κ2) is 7.58. The molecule has 1 saturated heterocycles. The van der Waals surface area contributed by atoms with Gasteiger partial charge < -0.3 is 9.72 Å². The van der Waals surface area contributed by atoms with Crippen LogP contribution in [-0.4, -0.2) is 34.6 Å². The minimum atomic E-state index is -0.181. The minimum Gasteiger partial charge on any atom is -0.378 e. The zero-order valence-corrected chi connectivity index (χ0v) is 14.9. The Bertz CT molecular complexity index is 881. The summed E-state index contributed by atoms with van der Waals surface area (Å²) in [4.78, 5) is 10.1. The molecule has 4 rings (SSSR count). The van der Waals surface area contributed by atoms with Crippen LogP contribution in [0.15, 0.2) is 54.7 Å². The van der Waals surface area contributed by atoms with Crippen LogP contribution in [0.3, 0.4) is 0 Å².